The SMILES string of the molecule is O=CC=Cc1ccc(Cl)c(Br)c1. The second kappa shape index (κ2) is 4.43. The van der Waals surface area contributed by atoms with E-state index in [2.05, 4.69) is 15.9 Å². The first-order valence-corrected chi connectivity index (χ1v) is 4.48. The van der Waals surface area contributed by atoms with Crippen LogP contribution in [0.3, 0.4) is 0 Å². The van der Waals surface area contributed by atoms with Crippen LogP contribution in [0.5, 0.6) is 0 Å². The first-order chi connectivity index (χ1) is 5.74. The summed E-state index contributed by atoms with van der Waals surface area (Å²) in [5, 5.41) is 0.665. The first-order valence-electron chi connectivity index (χ1n) is 3.31. The molecule has 0 heterocycles. The van der Waals surface area contributed by atoms with Gasteiger partial charge in [0, 0.05) is 4.47 Å². The largest absolute Gasteiger partial charge is 0.299 e. The Hall–Kier alpha value is -0.600. The number of carbonyl (C=O) groups is 1. The lowest BCUT2D eigenvalue weighted by Gasteiger charge is -1.96. The molecule has 1 nitrogen and oxygen atoms in total. The van der Waals surface area contributed by atoms with Gasteiger partial charge in [0.25, 0.3) is 0 Å². The summed E-state index contributed by atoms with van der Waals surface area (Å²) in [6, 6.07) is 5.46. The topological polar surface area (TPSA) is 17.1 Å². The minimum atomic E-state index is 0.665. The van der Waals surface area contributed by atoms with E-state index in [1.807, 2.05) is 12.1 Å². The molecule has 0 radical (unpaired) electrons. The van der Waals surface area contributed by atoms with Gasteiger partial charge in [-0.05, 0) is 39.7 Å². The zero-order chi connectivity index (χ0) is 8.97. The average molecular weight is 246 g/mol. The lowest BCUT2D eigenvalue weighted by atomic mass is 10.2. The maximum atomic E-state index is 10.0. The van der Waals surface area contributed by atoms with E-state index in [1.54, 1.807) is 12.1 Å². The third kappa shape index (κ3) is 2.47. The molecule has 1 aromatic rings. The van der Waals surface area contributed by atoms with E-state index in [4.69, 9.17) is 11.6 Å². The molecule has 0 spiro atoms. The van der Waals surface area contributed by atoms with Gasteiger partial charge < -0.3 is 0 Å². The van der Waals surface area contributed by atoms with Gasteiger partial charge in [-0.25, -0.2) is 0 Å². The monoisotopic (exact) mass is 244 g/mol. The van der Waals surface area contributed by atoms with Crippen molar-refractivity contribution in [3.63, 3.8) is 0 Å². The summed E-state index contributed by atoms with van der Waals surface area (Å²) in [6.07, 6.45) is 3.90. The number of hydrogen-bond acceptors (Lipinski definition) is 1. The number of carbonyl (C=O) groups excluding carboxylic acids is 1. The zero-order valence-corrected chi connectivity index (χ0v) is 8.47. The number of allylic oxidation sites excluding steroid dienone is 1. The molecule has 0 saturated heterocycles. The van der Waals surface area contributed by atoms with Crippen LogP contribution in [0, 0.1) is 0 Å². The summed E-state index contributed by atoms with van der Waals surface area (Å²) < 4.78 is 0.831. The van der Waals surface area contributed by atoms with Crippen LogP contribution in [0.4, 0.5) is 0 Å². The van der Waals surface area contributed by atoms with Crippen molar-refractivity contribution in [1.29, 1.82) is 0 Å². The van der Waals surface area contributed by atoms with Gasteiger partial charge in [0.05, 0.1) is 5.02 Å². The number of benzene rings is 1. The van der Waals surface area contributed by atoms with Crippen LogP contribution in [0.2, 0.25) is 5.02 Å². The van der Waals surface area contributed by atoms with Gasteiger partial charge in [-0.2, -0.15) is 0 Å². The highest BCUT2D eigenvalue weighted by atomic mass is 79.9. The van der Waals surface area contributed by atoms with Crippen molar-refractivity contribution in [2.45, 2.75) is 0 Å². The van der Waals surface area contributed by atoms with Gasteiger partial charge in [0.2, 0.25) is 0 Å². The predicted octanol–water partition coefficient (Wildman–Crippen LogP) is 3.31. The van der Waals surface area contributed by atoms with Gasteiger partial charge in [0.15, 0.2) is 0 Å². The summed E-state index contributed by atoms with van der Waals surface area (Å²) in [5.74, 6) is 0. The van der Waals surface area contributed by atoms with E-state index in [9.17, 15) is 4.79 Å². The molecule has 62 valence electrons. The van der Waals surface area contributed by atoms with Crippen molar-refractivity contribution >= 4 is 39.9 Å². The molecule has 0 bridgehead atoms. The van der Waals surface area contributed by atoms with E-state index < -0.39 is 0 Å². The molecule has 0 aromatic heterocycles. The molecule has 0 aliphatic carbocycles. The minimum absolute atomic E-state index is 0.665. The molecule has 0 atom stereocenters. The van der Waals surface area contributed by atoms with Crippen LogP contribution in [0.1, 0.15) is 5.56 Å². The third-order valence-electron chi connectivity index (χ3n) is 1.31. The van der Waals surface area contributed by atoms with Crippen molar-refractivity contribution in [3.8, 4) is 0 Å². The van der Waals surface area contributed by atoms with Crippen LogP contribution in [-0.2, 0) is 4.79 Å². The summed E-state index contributed by atoms with van der Waals surface area (Å²) in [4.78, 5) is 10.0. The molecule has 1 rings (SSSR count). The van der Waals surface area contributed by atoms with Crippen molar-refractivity contribution in [3.05, 3.63) is 39.3 Å². The van der Waals surface area contributed by atoms with Crippen LogP contribution >= 0.6 is 27.5 Å². The Bertz CT molecular complexity index is 320. The Labute approximate surface area is 84.2 Å². The highest BCUT2D eigenvalue weighted by Crippen LogP contribution is 2.23. The number of aldehydes is 1. The maximum absolute atomic E-state index is 10.0. The molecule has 0 aliphatic heterocycles. The molecule has 0 aliphatic rings. The van der Waals surface area contributed by atoms with E-state index in [-0.39, 0.29) is 0 Å². The van der Waals surface area contributed by atoms with E-state index in [0.717, 1.165) is 16.3 Å². The quantitative estimate of drug-likeness (QED) is 0.577. The molecule has 0 unspecified atom stereocenters. The second-order valence-corrected chi connectivity index (χ2v) is 3.43. The first kappa shape index (κ1) is 9.49. The number of hydrogen-bond donors (Lipinski definition) is 0. The lowest BCUT2D eigenvalue weighted by Crippen LogP contribution is -1.73. The van der Waals surface area contributed by atoms with Crippen molar-refractivity contribution in [2.24, 2.45) is 0 Å². The summed E-state index contributed by atoms with van der Waals surface area (Å²) in [7, 11) is 0. The fraction of sp³-hybridized carbons (Fsp3) is 0. The van der Waals surface area contributed by atoms with E-state index in [1.165, 1.54) is 6.08 Å². The molecular formula is C9H6BrClO. The molecule has 0 fully saturated rings. The van der Waals surface area contributed by atoms with Crippen molar-refractivity contribution < 1.29 is 4.79 Å². The average Bonchev–Trinajstić information content (AvgIpc) is 2.07. The molecule has 3 heteroatoms. The normalized spacial score (nSPS) is 10.5. The molecule has 0 saturated carbocycles. The molecule has 0 amide bonds. The van der Waals surface area contributed by atoms with Crippen LogP contribution in [0.15, 0.2) is 28.7 Å². The van der Waals surface area contributed by atoms with Crippen molar-refractivity contribution in [1.82, 2.24) is 0 Å². The third-order valence-corrected chi connectivity index (χ3v) is 2.52. The predicted molar refractivity (Wildman–Crippen MR) is 54.3 cm³/mol. The van der Waals surface area contributed by atoms with Gasteiger partial charge in [-0.3, -0.25) is 4.79 Å². The fourth-order valence-corrected chi connectivity index (χ4v) is 1.28. The number of halogens is 2. The second-order valence-electron chi connectivity index (χ2n) is 2.17. The van der Waals surface area contributed by atoms with Gasteiger partial charge in [0.1, 0.15) is 6.29 Å². The summed E-state index contributed by atoms with van der Waals surface area (Å²) >= 11 is 9.06. The number of rotatable bonds is 2. The minimum Gasteiger partial charge on any atom is -0.299 e. The Morgan fingerprint density at radius 1 is 1.42 bits per heavy atom. The lowest BCUT2D eigenvalue weighted by molar-refractivity contribution is -0.104. The van der Waals surface area contributed by atoms with Crippen LogP contribution < -0.4 is 0 Å². The Morgan fingerprint density at radius 2 is 2.17 bits per heavy atom. The molecular weight excluding hydrogens is 239 g/mol. The Kier molecular flexibility index (Phi) is 3.50. The van der Waals surface area contributed by atoms with Crippen molar-refractivity contribution in [2.75, 3.05) is 0 Å². The van der Waals surface area contributed by atoms with E-state index >= 15 is 0 Å². The highest BCUT2D eigenvalue weighted by Gasteiger charge is 1.95. The van der Waals surface area contributed by atoms with Crippen LogP contribution in [0.25, 0.3) is 6.08 Å². The smallest absolute Gasteiger partial charge is 0.142 e. The summed E-state index contributed by atoms with van der Waals surface area (Å²) in [5.41, 5.74) is 0.943. The molecule has 1 aromatic carbocycles. The molecule has 0 N–H and O–H groups in total. The Balaban J connectivity index is 2.96. The van der Waals surface area contributed by atoms with Gasteiger partial charge in [-0.1, -0.05) is 23.7 Å². The van der Waals surface area contributed by atoms with E-state index in [0.29, 0.717) is 5.02 Å². The van der Waals surface area contributed by atoms with Crippen LogP contribution in [-0.4, -0.2) is 6.29 Å². The molecule has 12 heavy (non-hydrogen) atoms. The zero-order valence-electron chi connectivity index (χ0n) is 6.13. The maximum Gasteiger partial charge on any atom is 0.142 e. The van der Waals surface area contributed by atoms with Gasteiger partial charge in [-0.15, -0.1) is 0 Å². The summed E-state index contributed by atoms with van der Waals surface area (Å²) in [6.45, 7) is 0. The highest BCUT2D eigenvalue weighted by molar-refractivity contribution is 9.10. The standard InChI is InChI=1S/C9H6BrClO/c10-8-6-7(2-1-5-12)3-4-9(8)11/h1-6H. The Morgan fingerprint density at radius 3 is 2.75 bits per heavy atom. The fourth-order valence-electron chi connectivity index (χ4n) is 0.766. The van der Waals surface area contributed by atoms with Gasteiger partial charge >= 0.3 is 0 Å².